The van der Waals surface area contributed by atoms with E-state index in [1.165, 1.54) is 11.6 Å². The number of aromatic nitrogens is 1. The third-order valence-corrected chi connectivity index (χ3v) is 4.05. The van der Waals surface area contributed by atoms with E-state index in [1.54, 1.807) is 17.8 Å². The van der Waals surface area contributed by atoms with Crippen LogP contribution in [0.15, 0.2) is 40.3 Å². The van der Waals surface area contributed by atoms with Crippen molar-refractivity contribution in [1.82, 2.24) is 10.3 Å². The summed E-state index contributed by atoms with van der Waals surface area (Å²) in [6.07, 6.45) is 0. The molecule has 2 rings (SSSR count). The van der Waals surface area contributed by atoms with E-state index in [-0.39, 0.29) is 5.82 Å². The first-order chi connectivity index (χ1) is 9.94. The van der Waals surface area contributed by atoms with Crippen LogP contribution in [-0.2, 0) is 6.54 Å². The third-order valence-electron chi connectivity index (χ3n) is 3.01. The second kappa shape index (κ2) is 7.05. The van der Waals surface area contributed by atoms with Crippen LogP contribution in [0.4, 0.5) is 4.39 Å². The number of hydrogen-bond donors (Lipinski definition) is 1. The van der Waals surface area contributed by atoms with Gasteiger partial charge in [-0.2, -0.15) is 0 Å². The summed E-state index contributed by atoms with van der Waals surface area (Å²) in [4.78, 5) is 5.58. The molecule has 0 aliphatic carbocycles. The summed E-state index contributed by atoms with van der Waals surface area (Å²) in [6.45, 7) is 8.87. The van der Waals surface area contributed by atoms with Crippen molar-refractivity contribution in [2.75, 3.05) is 0 Å². The van der Waals surface area contributed by atoms with Crippen molar-refractivity contribution >= 4 is 11.8 Å². The summed E-state index contributed by atoms with van der Waals surface area (Å²) in [5.41, 5.74) is 3.16. The molecule has 1 N–H and O–H groups in total. The maximum absolute atomic E-state index is 13.5. The predicted octanol–water partition coefficient (Wildman–Crippen LogP) is 4.49. The van der Waals surface area contributed by atoms with Crippen molar-refractivity contribution in [2.45, 2.75) is 50.2 Å². The Morgan fingerprint density at radius 3 is 2.62 bits per heavy atom. The van der Waals surface area contributed by atoms with Gasteiger partial charge in [-0.05, 0) is 55.3 Å². The molecular formula is C17H21FN2S. The van der Waals surface area contributed by atoms with Gasteiger partial charge < -0.3 is 5.32 Å². The number of halogens is 1. The van der Waals surface area contributed by atoms with Crippen LogP contribution in [0.5, 0.6) is 0 Å². The molecule has 2 nitrogen and oxygen atoms in total. The number of hydrogen-bond acceptors (Lipinski definition) is 3. The first kappa shape index (κ1) is 16.0. The Bertz CT molecular complexity index is 606. The molecule has 1 heterocycles. The van der Waals surface area contributed by atoms with Crippen LogP contribution in [-0.4, -0.2) is 11.0 Å². The summed E-state index contributed by atoms with van der Waals surface area (Å²) in [7, 11) is 0. The van der Waals surface area contributed by atoms with Crippen molar-refractivity contribution < 1.29 is 4.39 Å². The molecule has 0 bridgehead atoms. The number of benzene rings is 1. The molecule has 0 amide bonds. The highest BCUT2D eigenvalue weighted by Crippen LogP contribution is 2.30. The topological polar surface area (TPSA) is 24.9 Å². The summed E-state index contributed by atoms with van der Waals surface area (Å²) in [5, 5.41) is 4.29. The quantitative estimate of drug-likeness (QED) is 0.881. The molecule has 1 aromatic heterocycles. The van der Waals surface area contributed by atoms with Crippen LogP contribution in [0.3, 0.4) is 0 Å². The average molecular weight is 304 g/mol. The lowest BCUT2D eigenvalue weighted by atomic mass is 10.2. The molecule has 21 heavy (non-hydrogen) atoms. The zero-order valence-electron chi connectivity index (χ0n) is 12.9. The van der Waals surface area contributed by atoms with Gasteiger partial charge in [0.2, 0.25) is 0 Å². The van der Waals surface area contributed by atoms with Gasteiger partial charge in [0.25, 0.3) is 0 Å². The smallest absolute Gasteiger partial charge is 0.123 e. The van der Waals surface area contributed by atoms with Gasteiger partial charge in [0.05, 0.1) is 0 Å². The minimum absolute atomic E-state index is 0.201. The van der Waals surface area contributed by atoms with Gasteiger partial charge in [-0.1, -0.05) is 25.6 Å². The molecule has 2 aromatic rings. The van der Waals surface area contributed by atoms with Crippen molar-refractivity contribution in [3.8, 4) is 0 Å². The van der Waals surface area contributed by atoms with E-state index in [0.717, 1.165) is 21.2 Å². The number of nitrogens with zero attached hydrogens (tertiary/aromatic N) is 1. The van der Waals surface area contributed by atoms with Crippen molar-refractivity contribution in [2.24, 2.45) is 0 Å². The van der Waals surface area contributed by atoms with Crippen LogP contribution in [0.25, 0.3) is 0 Å². The summed E-state index contributed by atoms with van der Waals surface area (Å²) in [6, 6.07) is 9.41. The Morgan fingerprint density at radius 2 is 1.95 bits per heavy atom. The highest BCUT2D eigenvalue weighted by Gasteiger charge is 2.08. The Hall–Kier alpha value is -1.39. The monoisotopic (exact) mass is 304 g/mol. The molecule has 0 unspecified atom stereocenters. The standard InChI is InChI=1S/C17H21FN2S/c1-11(2)19-10-14-9-15(18)5-6-16(14)21-17-8-12(3)7-13(4)20-17/h5-9,11,19H,10H2,1-4H3. The highest BCUT2D eigenvalue weighted by atomic mass is 32.2. The normalized spacial score (nSPS) is 11.1. The van der Waals surface area contributed by atoms with Gasteiger partial charge in [0.1, 0.15) is 10.8 Å². The van der Waals surface area contributed by atoms with E-state index in [2.05, 4.69) is 43.2 Å². The fraction of sp³-hybridized carbons (Fsp3) is 0.353. The highest BCUT2D eigenvalue weighted by molar-refractivity contribution is 7.99. The summed E-state index contributed by atoms with van der Waals surface area (Å²) in [5.74, 6) is -0.201. The fourth-order valence-corrected chi connectivity index (χ4v) is 3.13. The van der Waals surface area contributed by atoms with Gasteiger partial charge >= 0.3 is 0 Å². The van der Waals surface area contributed by atoms with Crippen LogP contribution < -0.4 is 5.32 Å². The maximum Gasteiger partial charge on any atom is 0.123 e. The van der Waals surface area contributed by atoms with E-state index in [4.69, 9.17) is 0 Å². The van der Waals surface area contributed by atoms with E-state index in [0.29, 0.717) is 12.6 Å². The molecule has 0 saturated heterocycles. The van der Waals surface area contributed by atoms with Crippen LogP contribution in [0.1, 0.15) is 30.7 Å². The Kier molecular flexibility index (Phi) is 5.37. The molecule has 0 radical (unpaired) electrons. The Labute approximate surface area is 130 Å². The number of aryl methyl sites for hydroxylation is 2. The van der Waals surface area contributed by atoms with Crippen molar-refractivity contribution in [3.05, 3.63) is 53.0 Å². The molecule has 0 atom stereocenters. The molecular weight excluding hydrogens is 283 g/mol. The van der Waals surface area contributed by atoms with E-state index in [1.807, 2.05) is 13.0 Å². The molecule has 4 heteroatoms. The molecule has 0 aliphatic heterocycles. The number of rotatable bonds is 5. The fourth-order valence-electron chi connectivity index (χ4n) is 2.07. The number of nitrogens with one attached hydrogen (secondary N) is 1. The minimum Gasteiger partial charge on any atom is -0.310 e. The molecule has 0 aliphatic rings. The third kappa shape index (κ3) is 4.83. The van der Waals surface area contributed by atoms with E-state index in [9.17, 15) is 4.39 Å². The van der Waals surface area contributed by atoms with Crippen LogP contribution in [0, 0.1) is 19.7 Å². The first-order valence-corrected chi connectivity index (χ1v) is 7.90. The SMILES string of the molecule is Cc1cc(C)nc(Sc2ccc(F)cc2CNC(C)C)c1. The molecule has 1 aromatic carbocycles. The molecule has 0 spiro atoms. The maximum atomic E-state index is 13.5. The second-order valence-corrected chi connectivity index (χ2v) is 6.58. The Balaban J connectivity index is 2.25. The average Bonchev–Trinajstić information content (AvgIpc) is 2.37. The van der Waals surface area contributed by atoms with Crippen LogP contribution >= 0.6 is 11.8 Å². The lowest BCUT2D eigenvalue weighted by Gasteiger charge is -2.13. The molecule has 112 valence electrons. The zero-order chi connectivity index (χ0) is 15.4. The lowest BCUT2D eigenvalue weighted by molar-refractivity contribution is 0.576. The molecule has 0 fully saturated rings. The van der Waals surface area contributed by atoms with E-state index >= 15 is 0 Å². The van der Waals surface area contributed by atoms with Gasteiger partial charge in [-0.3, -0.25) is 0 Å². The summed E-state index contributed by atoms with van der Waals surface area (Å²) >= 11 is 1.59. The second-order valence-electron chi connectivity index (χ2n) is 5.51. The Morgan fingerprint density at radius 1 is 1.19 bits per heavy atom. The van der Waals surface area contributed by atoms with Gasteiger partial charge in [0, 0.05) is 23.2 Å². The van der Waals surface area contributed by atoms with Crippen LogP contribution in [0.2, 0.25) is 0 Å². The largest absolute Gasteiger partial charge is 0.310 e. The number of pyridine rings is 1. The zero-order valence-corrected chi connectivity index (χ0v) is 13.7. The minimum atomic E-state index is -0.201. The summed E-state index contributed by atoms with van der Waals surface area (Å²) < 4.78 is 13.5. The van der Waals surface area contributed by atoms with Gasteiger partial charge in [-0.15, -0.1) is 0 Å². The first-order valence-electron chi connectivity index (χ1n) is 7.09. The van der Waals surface area contributed by atoms with Gasteiger partial charge in [0.15, 0.2) is 0 Å². The molecule has 0 saturated carbocycles. The van der Waals surface area contributed by atoms with Crippen molar-refractivity contribution in [1.29, 1.82) is 0 Å². The predicted molar refractivity (Wildman–Crippen MR) is 86.2 cm³/mol. The lowest BCUT2D eigenvalue weighted by Crippen LogP contribution is -2.22. The van der Waals surface area contributed by atoms with Gasteiger partial charge in [-0.25, -0.2) is 9.37 Å². The van der Waals surface area contributed by atoms with Crippen molar-refractivity contribution in [3.63, 3.8) is 0 Å². The van der Waals surface area contributed by atoms with E-state index < -0.39 is 0 Å².